The van der Waals surface area contributed by atoms with Gasteiger partial charge in [0.15, 0.2) is 0 Å². The number of nitrogens with zero attached hydrogens (tertiary/aromatic N) is 2. The summed E-state index contributed by atoms with van der Waals surface area (Å²) in [6.07, 6.45) is 0.867. The van der Waals surface area contributed by atoms with Gasteiger partial charge in [-0.1, -0.05) is 25.1 Å². The van der Waals surface area contributed by atoms with Crippen molar-refractivity contribution in [2.75, 3.05) is 12.8 Å². The summed E-state index contributed by atoms with van der Waals surface area (Å²) in [6.45, 7) is 2.08. The van der Waals surface area contributed by atoms with E-state index in [9.17, 15) is 0 Å². The van der Waals surface area contributed by atoms with E-state index >= 15 is 0 Å². The number of hydrogen-bond donors (Lipinski definition) is 1. The number of hydrogen-bond acceptors (Lipinski definition) is 3. The molecule has 108 valence electrons. The number of fused-ring (bicyclic) bond motifs is 1. The molecule has 4 heteroatoms. The lowest BCUT2D eigenvalue weighted by Gasteiger charge is -2.05. The molecule has 0 amide bonds. The minimum absolute atomic E-state index is 0.708. The molecule has 0 aliphatic carbocycles. The van der Waals surface area contributed by atoms with Crippen molar-refractivity contribution in [3.8, 4) is 17.0 Å². The fourth-order valence-electron chi connectivity index (χ4n) is 2.59. The minimum Gasteiger partial charge on any atom is -0.497 e. The number of methoxy groups -OCH3 is 1. The van der Waals surface area contributed by atoms with Crippen molar-refractivity contribution >= 4 is 16.6 Å². The zero-order chi connectivity index (χ0) is 15.0. The fraction of sp³-hybridized carbons (Fsp3) is 0.235. The quantitative estimate of drug-likeness (QED) is 0.800. The van der Waals surface area contributed by atoms with Gasteiger partial charge in [-0.15, -0.1) is 0 Å². The van der Waals surface area contributed by atoms with E-state index in [0.717, 1.165) is 40.0 Å². The largest absolute Gasteiger partial charge is 0.497 e. The molecular formula is C17H19N3O. The first kappa shape index (κ1) is 13.5. The summed E-state index contributed by atoms with van der Waals surface area (Å²) in [5.41, 5.74) is 8.08. The van der Waals surface area contributed by atoms with Crippen LogP contribution in [0.3, 0.4) is 0 Å². The van der Waals surface area contributed by atoms with E-state index in [1.54, 1.807) is 7.11 Å². The average molecular weight is 281 g/mol. The lowest BCUT2D eigenvalue weighted by atomic mass is 10.0. The van der Waals surface area contributed by atoms with Crippen LogP contribution in [0.15, 0.2) is 36.4 Å². The molecule has 21 heavy (non-hydrogen) atoms. The van der Waals surface area contributed by atoms with Gasteiger partial charge in [0.05, 0.1) is 7.11 Å². The van der Waals surface area contributed by atoms with E-state index < -0.39 is 0 Å². The number of nitrogens with two attached hydrogens (primary N) is 1. The highest BCUT2D eigenvalue weighted by Crippen LogP contribution is 2.30. The zero-order valence-corrected chi connectivity index (χ0v) is 12.6. The molecule has 0 bridgehead atoms. The summed E-state index contributed by atoms with van der Waals surface area (Å²) in [7, 11) is 3.63. The van der Waals surface area contributed by atoms with Crippen LogP contribution in [-0.2, 0) is 13.5 Å². The molecule has 0 saturated carbocycles. The molecule has 3 aromatic rings. The smallest absolute Gasteiger partial charge is 0.131 e. The summed E-state index contributed by atoms with van der Waals surface area (Å²) in [5.74, 6) is 2.57. The second-order valence-electron chi connectivity index (χ2n) is 5.10. The van der Waals surface area contributed by atoms with Gasteiger partial charge in [-0.25, -0.2) is 4.98 Å². The SMILES string of the molecule is CCc1nc(-c2ccc3cc(OC)ccc3c2)c(N)n1C. The topological polar surface area (TPSA) is 53.1 Å². The van der Waals surface area contributed by atoms with Gasteiger partial charge in [-0.05, 0) is 29.0 Å². The van der Waals surface area contributed by atoms with Crippen LogP contribution >= 0.6 is 0 Å². The molecule has 0 atom stereocenters. The third-order valence-corrected chi connectivity index (χ3v) is 3.87. The normalized spacial score (nSPS) is 11.0. The van der Waals surface area contributed by atoms with Gasteiger partial charge < -0.3 is 15.0 Å². The number of nitrogen functional groups attached to an aromatic ring is 1. The number of aromatic nitrogens is 2. The molecule has 1 heterocycles. The molecule has 0 unspecified atom stereocenters. The molecule has 0 saturated heterocycles. The Hall–Kier alpha value is -2.49. The number of imidazole rings is 1. The van der Waals surface area contributed by atoms with Crippen LogP contribution in [0.2, 0.25) is 0 Å². The second-order valence-corrected chi connectivity index (χ2v) is 5.10. The first-order valence-corrected chi connectivity index (χ1v) is 7.03. The van der Waals surface area contributed by atoms with Gasteiger partial charge in [0.25, 0.3) is 0 Å². The predicted octanol–water partition coefficient (Wildman–Crippen LogP) is 3.39. The maximum Gasteiger partial charge on any atom is 0.131 e. The molecular weight excluding hydrogens is 262 g/mol. The Labute approximate surface area is 124 Å². The number of rotatable bonds is 3. The van der Waals surface area contributed by atoms with Crippen molar-refractivity contribution in [3.63, 3.8) is 0 Å². The Morgan fingerprint density at radius 2 is 1.86 bits per heavy atom. The average Bonchev–Trinajstić information content (AvgIpc) is 2.81. The molecule has 0 aliphatic heterocycles. The molecule has 0 radical (unpaired) electrons. The molecule has 1 aromatic heterocycles. The van der Waals surface area contributed by atoms with Crippen molar-refractivity contribution in [1.29, 1.82) is 0 Å². The van der Waals surface area contributed by atoms with Crippen LogP contribution in [0.5, 0.6) is 5.75 Å². The Kier molecular flexibility index (Phi) is 3.29. The standard InChI is InChI=1S/C17H19N3O/c1-4-15-19-16(17(18)20(15)2)13-6-5-12-10-14(21-3)8-7-11(12)9-13/h5-10H,4,18H2,1-3H3. The Morgan fingerprint density at radius 1 is 1.14 bits per heavy atom. The van der Waals surface area contributed by atoms with Gasteiger partial charge in [0.1, 0.15) is 23.1 Å². The number of ether oxygens (including phenoxy) is 1. The van der Waals surface area contributed by atoms with Crippen LogP contribution < -0.4 is 10.5 Å². The Morgan fingerprint density at radius 3 is 2.52 bits per heavy atom. The highest BCUT2D eigenvalue weighted by Gasteiger charge is 2.13. The van der Waals surface area contributed by atoms with Gasteiger partial charge in [0.2, 0.25) is 0 Å². The number of benzene rings is 2. The van der Waals surface area contributed by atoms with Crippen molar-refractivity contribution in [1.82, 2.24) is 9.55 Å². The van der Waals surface area contributed by atoms with Gasteiger partial charge in [-0.2, -0.15) is 0 Å². The highest BCUT2D eigenvalue weighted by atomic mass is 16.5. The summed E-state index contributed by atoms with van der Waals surface area (Å²) < 4.78 is 7.21. The minimum atomic E-state index is 0.708. The maximum absolute atomic E-state index is 6.18. The molecule has 0 aliphatic rings. The Balaban J connectivity index is 2.13. The van der Waals surface area contributed by atoms with E-state index in [0.29, 0.717) is 5.82 Å². The summed E-state index contributed by atoms with van der Waals surface area (Å²) >= 11 is 0. The van der Waals surface area contributed by atoms with Crippen molar-refractivity contribution in [2.45, 2.75) is 13.3 Å². The van der Waals surface area contributed by atoms with Crippen LogP contribution in [-0.4, -0.2) is 16.7 Å². The van der Waals surface area contributed by atoms with E-state index in [1.807, 2.05) is 23.7 Å². The molecule has 4 nitrogen and oxygen atoms in total. The zero-order valence-electron chi connectivity index (χ0n) is 12.6. The van der Waals surface area contributed by atoms with Crippen molar-refractivity contribution < 1.29 is 4.74 Å². The first-order valence-electron chi connectivity index (χ1n) is 7.03. The molecule has 3 rings (SSSR count). The number of anilines is 1. The van der Waals surface area contributed by atoms with E-state index in [4.69, 9.17) is 10.5 Å². The van der Waals surface area contributed by atoms with E-state index in [-0.39, 0.29) is 0 Å². The van der Waals surface area contributed by atoms with Gasteiger partial charge in [-0.3, -0.25) is 0 Å². The molecule has 0 spiro atoms. The maximum atomic E-state index is 6.18. The number of aryl methyl sites for hydroxylation is 1. The summed E-state index contributed by atoms with van der Waals surface area (Å²) in [4.78, 5) is 4.65. The summed E-state index contributed by atoms with van der Waals surface area (Å²) in [5, 5.41) is 2.29. The predicted molar refractivity (Wildman–Crippen MR) is 86.5 cm³/mol. The third-order valence-electron chi connectivity index (χ3n) is 3.87. The second kappa shape index (κ2) is 5.13. The van der Waals surface area contributed by atoms with Crippen molar-refractivity contribution in [2.24, 2.45) is 7.05 Å². The fourth-order valence-corrected chi connectivity index (χ4v) is 2.59. The highest BCUT2D eigenvalue weighted by molar-refractivity contribution is 5.89. The first-order chi connectivity index (χ1) is 10.1. The van der Waals surface area contributed by atoms with Gasteiger partial charge >= 0.3 is 0 Å². The Bertz CT molecular complexity index is 805. The monoisotopic (exact) mass is 281 g/mol. The van der Waals surface area contributed by atoms with Crippen LogP contribution in [0.25, 0.3) is 22.0 Å². The van der Waals surface area contributed by atoms with Crippen LogP contribution in [0.4, 0.5) is 5.82 Å². The van der Waals surface area contributed by atoms with Crippen LogP contribution in [0, 0.1) is 0 Å². The van der Waals surface area contributed by atoms with Gasteiger partial charge in [0, 0.05) is 19.0 Å². The third kappa shape index (κ3) is 2.23. The van der Waals surface area contributed by atoms with E-state index in [1.165, 1.54) is 0 Å². The lowest BCUT2D eigenvalue weighted by molar-refractivity contribution is 0.415. The molecule has 0 fully saturated rings. The molecule has 2 N–H and O–H groups in total. The lowest BCUT2D eigenvalue weighted by Crippen LogP contribution is -2.00. The van der Waals surface area contributed by atoms with Crippen LogP contribution in [0.1, 0.15) is 12.7 Å². The molecule has 2 aromatic carbocycles. The van der Waals surface area contributed by atoms with Crippen molar-refractivity contribution in [3.05, 3.63) is 42.2 Å². The summed E-state index contributed by atoms with van der Waals surface area (Å²) in [6, 6.07) is 12.3. The van der Waals surface area contributed by atoms with E-state index in [2.05, 4.69) is 36.2 Å².